The molecule has 128 valence electrons. The van der Waals surface area contributed by atoms with Gasteiger partial charge in [-0.2, -0.15) is 0 Å². The molecule has 23 heavy (non-hydrogen) atoms. The van der Waals surface area contributed by atoms with Crippen LogP contribution >= 0.6 is 23.2 Å². The molecule has 2 rings (SSSR count). The van der Waals surface area contributed by atoms with E-state index in [-0.39, 0.29) is 6.09 Å². The zero-order valence-corrected chi connectivity index (χ0v) is 15.4. The molecule has 0 aromatic carbocycles. The summed E-state index contributed by atoms with van der Waals surface area (Å²) in [5, 5.41) is 0.960. The number of halogens is 2. The molecule has 0 bridgehead atoms. The average Bonchev–Trinajstić information content (AvgIpc) is 2.45. The molecule has 7 heteroatoms. The van der Waals surface area contributed by atoms with Gasteiger partial charge in [0, 0.05) is 26.4 Å². The number of ether oxygens (including phenoxy) is 2. The van der Waals surface area contributed by atoms with E-state index in [1.54, 1.807) is 24.3 Å². The predicted octanol–water partition coefficient (Wildman–Crippen LogP) is 4.26. The molecule has 0 aliphatic carbocycles. The molecule has 0 spiro atoms. The molecule has 1 aromatic heterocycles. The van der Waals surface area contributed by atoms with E-state index >= 15 is 0 Å². The number of likely N-dealkylation sites (tertiary alicyclic amines) is 1. The fraction of sp³-hybridized carbons (Fsp3) is 0.625. The van der Waals surface area contributed by atoms with E-state index in [0.29, 0.717) is 41.7 Å². The first kappa shape index (κ1) is 18.3. The molecule has 0 radical (unpaired) electrons. The Bertz CT molecular complexity index is 579. The predicted molar refractivity (Wildman–Crippen MR) is 90.0 cm³/mol. The Morgan fingerprint density at radius 3 is 2.39 bits per heavy atom. The number of carbonyl (C=O) groups excluding carboxylic acids is 1. The quantitative estimate of drug-likeness (QED) is 0.790. The molecule has 1 aliphatic rings. The number of rotatable bonds is 2. The van der Waals surface area contributed by atoms with E-state index in [4.69, 9.17) is 32.7 Å². The maximum absolute atomic E-state index is 12.2. The van der Waals surface area contributed by atoms with E-state index in [1.165, 1.54) is 0 Å². The van der Waals surface area contributed by atoms with E-state index in [1.807, 2.05) is 20.8 Å². The number of hydrogen-bond donors (Lipinski definition) is 0. The summed E-state index contributed by atoms with van der Waals surface area (Å²) >= 11 is 12.2. The lowest BCUT2D eigenvalue weighted by Crippen LogP contribution is -2.48. The van der Waals surface area contributed by atoms with Gasteiger partial charge in [-0.15, -0.1) is 0 Å². The number of methoxy groups -OCH3 is 1. The molecule has 1 fully saturated rings. The van der Waals surface area contributed by atoms with Crippen LogP contribution in [0.1, 0.15) is 39.3 Å². The molecule has 1 saturated heterocycles. The number of aromatic nitrogens is 1. The van der Waals surface area contributed by atoms with Crippen LogP contribution in [0.3, 0.4) is 0 Å². The van der Waals surface area contributed by atoms with Crippen molar-refractivity contribution in [2.45, 2.75) is 44.8 Å². The van der Waals surface area contributed by atoms with Crippen LogP contribution in [0.2, 0.25) is 10.0 Å². The van der Waals surface area contributed by atoms with Gasteiger partial charge in [0.1, 0.15) is 11.2 Å². The molecular weight excluding hydrogens is 339 g/mol. The largest absolute Gasteiger partial charge is 0.444 e. The van der Waals surface area contributed by atoms with Crippen molar-refractivity contribution in [3.8, 4) is 0 Å². The molecule has 0 unspecified atom stereocenters. The van der Waals surface area contributed by atoms with Crippen molar-refractivity contribution in [2.24, 2.45) is 0 Å². The van der Waals surface area contributed by atoms with Crippen molar-refractivity contribution in [1.29, 1.82) is 0 Å². The summed E-state index contributed by atoms with van der Waals surface area (Å²) < 4.78 is 11.2. The molecule has 1 amide bonds. The van der Waals surface area contributed by atoms with Crippen molar-refractivity contribution >= 4 is 29.3 Å². The molecule has 0 saturated carbocycles. The first-order valence-electron chi connectivity index (χ1n) is 7.51. The normalized spacial score (nSPS) is 17.9. The zero-order chi connectivity index (χ0) is 17.3. The Hall–Kier alpha value is -1.04. The topological polar surface area (TPSA) is 51.7 Å². The Kier molecular flexibility index (Phi) is 5.44. The summed E-state index contributed by atoms with van der Waals surface area (Å²) in [7, 11) is 1.63. The van der Waals surface area contributed by atoms with Gasteiger partial charge < -0.3 is 14.4 Å². The highest BCUT2D eigenvalue weighted by molar-refractivity contribution is 6.34. The molecule has 1 aromatic rings. The minimum atomic E-state index is -0.611. The van der Waals surface area contributed by atoms with Crippen molar-refractivity contribution in [1.82, 2.24) is 9.88 Å². The van der Waals surface area contributed by atoms with Crippen LogP contribution in [0.4, 0.5) is 4.79 Å². The van der Waals surface area contributed by atoms with E-state index in [0.717, 1.165) is 0 Å². The van der Waals surface area contributed by atoms with Crippen LogP contribution in [0.25, 0.3) is 0 Å². The van der Waals surface area contributed by atoms with Gasteiger partial charge in [-0.05, 0) is 39.7 Å². The lowest BCUT2D eigenvalue weighted by molar-refractivity contribution is -0.0677. The summed E-state index contributed by atoms with van der Waals surface area (Å²) in [4.78, 5) is 18.2. The number of piperidine rings is 1. The standard InChI is InChI=1S/C16H22Cl2N2O3/c1-15(2,3)23-14(21)20-7-5-16(22-4,6-8-20)13-12(18)9-11(17)10-19-13/h9-10H,5-8H2,1-4H3. The van der Waals surface area contributed by atoms with Gasteiger partial charge >= 0.3 is 6.09 Å². The van der Waals surface area contributed by atoms with Crippen molar-refractivity contribution in [3.05, 3.63) is 28.0 Å². The van der Waals surface area contributed by atoms with Gasteiger partial charge in [0.25, 0.3) is 0 Å². The fourth-order valence-corrected chi connectivity index (χ4v) is 3.22. The third-order valence-corrected chi connectivity index (χ3v) is 4.35. The number of nitrogens with zero attached hydrogens (tertiary/aromatic N) is 2. The number of pyridine rings is 1. The van der Waals surface area contributed by atoms with Crippen LogP contribution in [0.15, 0.2) is 12.3 Å². The second-order valence-corrected chi connectivity index (χ2v) is 7.49. The van der Waals surface area contributed by atoms with Crippen molar-refractivity contribution in [3.63, 3.8) is 0 Å². The maximum atomic E-state index is 12.2. The van der Waals surface area contributed by atoms with Crippen molar-refractivity contribution < 1.29 is 14.3 Å². The highest BCUT2D eigenvalue weighted by atomic mass is 35.5. The van der Waals surface area contributed by atoms with E-state index in [2.05, 4.69) is 4.98 Å². The lowest BCUT2D eigenvalue weighted by atomic mass is 9.87. The number of amides is 1. The van der Waals surface area contributed by atoms with Crippen LogP contribution < -0.4 is 0 Å². The van der Waals surface area contributed by atoms with Gasteiger partial charge in [-0.3, -0.25) is 4.98 Å². The Balaban J connectivity index is 2.12. The highest BCUT2D eigenvalue weighted by Gasteiger charge is 2.41. The molecule has 2 heterocycles. The highest BCUT2D eigenvalue weighted by Crippen LogP contribution is 2.39. The van der Waals surface area contributed by atoms with Crippen LogP contribution in [-0.4, -0.2) is 41.8 Å². The minimum Gasteiger partial charge on any atom is -0.444 e. The Morgan fingerprint density at radius 2 is 1.91 bits per heavy atom. The zero-order valence-electron chi connectivity index (χ0n) is 13.9. The lowest BCUT2D eigenvalue weighted by Gasteiger charge is -2.40. The summed E-state index contributed by atoms with van der Waals surface area (Å²) in [6, 6.07) is 1.66. The second kappa shape index (κ2) is 6.83. The second-order valence-electron chi connectivity index (χ2n) is 6.65. The Labute approximate surface area is 146 Å². The van der Waals surface area contributed by atoms with Gasteiger partial charge in [0.05, 0.1) is 15.7 Å². The SMILES string of the molecule is COC1(c2ncc(Cl)cc2Cl)CCN(C(=O)OC(C)(C)C)CC1. The molecular formula is C16H22Cl2N2O3. The van der Waals surface area contributed by atoms with E-state index < -0.39 is 11.2 Å². The molecule has 0 atom stereocenters. The van der Waals surface area contributed by atoms with Gasteiger partial charge in [0.15, 0.2) is 0 Å². The Morgan fingerprint density at radius 1 is 1.30 bits per heavy atom. The minimum absolute atomic E-state index is 0.308. The van der Waals surface area contributed by atoms with Crippen LogP contribution in [0, 0.1) is 0 Å². The monoisotopic (exact) mass is 360 g/mol. The van der Waals surface area contributed by atoms with Gasteiger partial charge in [-0.1, -0.05) is 23.2 Å². The number of hydrogen-bond acceptors (Lipinski definition) is 4. The molecule has 5 nitrogen and oxygen atoms in total. The summed E-state index contributed by atoms with van der Waals surface area (Å²) in [6.07, 6.45) is 2.44. The van der Waals surface area contributed by atoms with Gasteiger partial charge in [0.2, 0.25) is 0 Å². The van der Waals surface area contributed by atoms with Crippen LogP contribution in [-0.2, 0) is 15.1 Å². The first-order valence-corrected chi connectivity index (χ1v) is 8.27. The van der Waals surface area contributed by atoms with Gasteiger partial charge in [-0.25, -0.2) is 4.79 Å². The fourth-order valence-electron chi connectivity index (χ4n) is 2.66. The molecule has 1 aliphatic heterocycles. The van der Waals surface area contributed by atoms with E-state index in [9.17, 15) is 4.79 Å². The smallest absolute Gasteiger partial charge is 0.410 e. The third kappa shape index (κ3) is 4.28. The van der Waals surface area contributed by atoms with Crippen LogP contribution in [0.5, 0.6) is 0 Å². The first-order chi connectivity index (χ1) is 10.7. The summed E-state index contributed by atoms with van der Waals surface area (Å²) in [6.45, 7) is 6.59. The summed E-state index contributed by atoms with van der Waals surface area (Å²) in [5.74, 6) is 0. The number of carbonyl (C=O) groups is 1. The summed E-state index contributed by atoms with van der Waals surface area (Å²) in [5.41, 5.74) is -0.455. The molecule has 0 N–H and O–H groups in total. The third-order valence-electron chi connectivity index (χ3n) is 3.85. The van der Waals surface area contributed by atoms with Crippen molar-refractivity contribution in [2.75, 3.05) is 20.2 Å². The maximum Gasteiger partial charge on any atom is 0.410 e. The average molecular weight is 361 g/mol.